The molecule has 3 heterocycles. The van der Waals surface area contributed by atoms with E-state index in [0.29, 0.717) is 5.92 Å². The predicted molar refractivity (Wildman–Crippen MR) is 105 cm³/mol. The quantitative estimate of drug-likeness (QED) is 0.622. The lowest BCUT2D eigenvalue weighted by atomic mass is 9.87. The fourth-order valence-corrected chi connectivity index (χ4v) is 4.58. The summed E-state index contributed by atoms with van der Waals surface area (Å²) in [4.78, 5) is 4.87. The number of para-hydroxylation sites is 2. The summed E-state index contributed by atoms with van der Waals surface area (Å²) in [6.07, 6.45) is 2.11. The monoisotopic (exact) mass is 341 g/mol. The van der Waals surface area contributed by atoms with Crippen LogP contribution in [0.3, 0.4) is 0 Å². The number of aromatic nitrogens is 1. The molecule has 1 aromatic heterocycles. The van der Waals surface area contributed by atoms with Crippen molar-refractivity contribution >= 4 is 5.69 Å². The molecule has 3 heteroatoms. The van der Waals surface area contributed by atoms with Gasteiger partial charge in [-0.1, -0.05) is 38.1 Å². The smallest absolute Gasteiger partial charge is 0.255 e. The first-order chi connectivity index (χ1) is 12.6. The Bertz CT molecular complexity index is 1190. The van der Waals surface area contributed by atoms with Gasteiger partial charge < -0.3 is 0 Å². The molecule has 0 radical (unpaired) electrons. The van der Waals surface area contributed by atoms with Gasteiger partial charge in [0.2, 0.25) is 5.69 Å². The first kappa shape index (κ1) is 15.4. The molecule has 0 spiro atoms. The number of hydrogen-bond acceptors (Lipinski definition) is 1. The second kappa shape index (κ2) is 5.34. The molecule has 3 aromatic rings. The highest BCUT2D eigenvalue weighted by molar-refractivity contribution is 5.83. The van der Waals surface area contributed by atoms with Gasteiger partial charge in [-0.15, -0.1) is 4.58 Å². The van der Waals surface area contributed by atoms with Crippen LogP contribution < -0.4 is 19.9 Å². The zero-order valence-corrected chi connectivity index (χ0v) is 15.7. The molecule has 1 atom stereocenters. The Balaban J connectivity index is 2.04. The maximum Gasteiger partial charge on any atom is 0.378 e. The van der Waals surface area contributed by atoms with Crippen molar-refractivity contribution in [2.45, 2.75) is 32.9 Å². The molecule has 0 aliphatic carbocycles. The minimum atomic E-state index is 0.158. The molecule has 2 aliphatic heterocycles. The summed E-state index contributed by atoms with van der Waals surface area (Å²) < 4.78 is 4.88. The van der Waals surface area contributed by atoms with Crippen molar-refractivity contribution in [1.82, 2.24) is 14.1 Å². The average molecular weight is 341 g/mol. The molecule has 3 nitrogen and oxygen atoms in total. The highest BCUT2D eigenvalue weighted by Crippen LogP contribution is 2.45. The number of aryl methyl sites for hydroxylation is 1. The van der Waals surface area contributed by atoms with Gasteiger partial charge in [0.1, 0.15) is 12.6 Å². The summed E-state index contributed by atoms with van der Waals surface area (Å²) in [5.41, 5.74) is 7.70. The number of nitrogens with zero attached hydrogens (tertiary/aromatic N) is 3. The van der Waals surface area contributed by atoms with Gasteiger partial charge in [0.15, 0.2) is 0 Å². The van der Waals surface area contributed by atoms with Crippen molar-refractivity contribution in [1.29, 1.82) is 0 Å². The third kappa shape index (κ3) is 1.86. The van der Waals surface area contributed by atoms with Gasteiger partial charge in [0, 0.05) is 24.4 Å². The predicted octanol–water partition coefficient (Wildman–Crippen LogP) is 3.15. The van der Waals surface area contributed by atoms with E-state index >= 15 is 0 Å². The van der Waals surface area contributed by atoms with Gasteiger partial charge in [-0.25, -0.2) is 0 Å². The first-order valence-electron chi connectivity index (χ1n) is 9.29. The Labute approximate surface area is 153 Å². The number of benzene rings is 2. The van der Waals surface area contributed by atoms with Crippen LogP contribution in [-0.2, 0) is 0 Å². The molecule has 5 rings (SSSR count). The highest BCUT2D eigenvalue weighted by atomic mass is 15.3. The lowest BCUT2D eigenvalue weighted by molar-refractivity contribution is 0.444. The second-order valence-electron chi connectivity index (χ2n) is 7.63. The largest absolute Gasteiger partial charge is 0.378 e. The van der Waals surface area contributed by atoms with Gasteiger partial charge in [0.25, 0.3) is 10.7 Å². The van der Waals surface area contributed by atoms with E-state index in [-0.39, 0.29) is 6.17 Å². The molecular formula is C23H23N3+2. The van der Waals surface area contributed by atoms with Crippen LogP contribution in [0.15, 0.2) is 54.7 Å². The number of hydrogen-bond donors (Lipinski definition) is 0. The maximum atomic E-state index is 4.87. The van der Waals surface area contributed by atoms with Crippen LogP contribution in [0.1, 0.15) is 42.6 Å². The summed E-state index contributed by atoms with van der Waals surface area (Å²) in [7, 11) is 2.19. The van der Waals surface area contributed by atoms with Crippen LogP contribution in [0.2, 0.25) is 0 Å². The van der Waals surface area contributed by atoms with Crippen LogP contribution in [0, 0.1) is 6.92 Å². The maximum absolute atomic E-state index is 4.87. The Morgan fingerprint density at radius 3 is 2.50 bits per heavy atom. The molecule has 0 fully saturated rings. The van der Waals surface area contributed by atoms with Crippen LogP contribution in [0.5, 0.6) is 0 Å². The summed E-state index contributed by atoms with van der Waals surface area (Å²) in [6, 6.07) is 17.5. The minimum Gasteiger partial charge on any atom is -0.255 e. The second-order valence-corrected chi connectivity index (χ2v) is 7.63. The third-order valence-corrected chi connectivity index (χ3v) is 5.79. The topological polar surface area (TPSA) is 18.9 Å². The zero-order chi connectivity index (χ0) is 18.0. The Hall–Kier alpha value is -2.81. The molecule has 2 aliphatic rings. The number of pyridine rings is 1. The van der Waals surface area contributed by atoms with E-state index in [1.165, 1.54) is 38.7 Å². The van der Waals surface area contributed by atoms with E-state index in [9.17, 15) is 0 Å². The van der Waals surface area contributed by atoms with Crippen LogP contribution in [0.4, 0.5) is 5.69 Å². The van der Waals surface area contributed by atoms with Crippen molar-refractivity contribution in [3.8, 4) is 11.3 Å². The molecule has 0 N–H and O–H groups in total. The van der Waals surface area contributed by atoms with Crippen molar-refractivity contribution in [2.24, 2.45) is 0 Å². The van der Waals surface area contributed by atoms with Crippen molar-refractivity contribution in [2.75, 3.05) is 7.05 Å². The fraction of sp³-hybridized carbons (Fsp3) is 0.261. The zero-order valence-electron chi connectivity index (χ0n) is 15.7. The summed E-state index contributed by atoms with van der Waals surface area (Å²) in [5, 5.41) is 2.55. The molecule has 0 bridgehead atoms. The number of rotatable bonds is 1. The van der Waals surface area contributed by atoms with Crippen LogP contribution in [0.25, 0.3) is 11.3 Å². The lowest BCUT2D eigenvalue weighted by Gasteiger charge is -2.23. The van der Waals surface area contributed by atoms with Gasteiger partial charge in [-0.2, -0.15) is 4.58 Å². The van der Waals surface area contributed by atoms with Crippen LogP contribution >= 0.6 is 0 Å². The Morgan fingerprint density at radius 1 is 0.962 bits per heavy atom. The van der Waals surface area contributed by atoms with E-state index in [4.69, 9.17) is 4.98 Å². The molecule has 1 unspecified atom stereocenters. The lowest BCUT2D eigenvalue weighted by Crippen LogP contribution is -2.34. The van der Waals surface area contributed by atoms with Gasteiger partial charge in [-0.05, 0) is 30.0 Å². The highest BCUT2D eigenvalue weighted by Gasteiger charge is 2.48. The van der Waals surface area contributed by atoms with E-state index in [2.05, 4.69) is 85.5 Å². The van der Waals surface area contributed by atoms with Crippen molar-refractivity contribution in [3.05, 3.63) is 82.1 Å². The minimum absolute atomic E-state index is 0.158. The fourth-order valence-electron chi connectivity index (χ4n) is 4.58. The normalized spacial score (nSPS) is 17.0. The van der Waals surface area contributed by atoms with E-state index < -0.39 is 0 Å². The third-order valence-electron chi connectivity index (χ3n) is 5.79. The standard InChI is InChI=1S/C23H23N3/c1-14(2)16-8-7-11-19-21(16)22-20(15(3)12-13-24-22)23-25(4)17-9-5-6-10-18(17)26(19)23/h5-14,23H,1-4H3/q+2. The Kier molecular flexibility index (Phi) is 3.17. The van der Waals surface area contributed by atoms with Crippen LogP contribution in [-0.4, -0.2) is 12.0 Å². The summed E-state index contributed by atoms with van der Waals surface area (Å²) >= 11 is 0. The molecule has 0 saturated carbocycles. The average Bonchev–Trinajstić information content (AvgIpc) is 2.95. The van der Waals surface area contributed by atoms with E-state index in [1.807, 2.05) is 6.20 Å². The summed E-state index contributed by atoms with van der Waals surface area (Å²) in [5.74, 6) is 0.451. The molecule has 0 saturated heterocycles. The molecule has 26 heavy (non-hydrogen) atoms. The number of fused-ring (bicyclic) bond motifs is 7. The van der Waals surface area contributed by atoms with Gasteiger partial charge in [0.05, 0.1) is 11.3 Å². The van der Waals surface area contributed by atoms with Gasteiger partial charge in [-0.3, -0.25) is 4.98 Å². The van der Waals surface area contributed by atoms with E-state index in [0.717, 1.165) is 5.69 Å². The van der Waals surface area contributed by atoms with Gasteiger partial charge >= 0.3 is 6.17 Å². The SMILES string of the molecule is Cc1ccnc2c1C1[N+](C)=c3ccccc3=[N+]1c1cccc(C(C)C)c1-2. The van der Waals surface area contributed by atoms with Crippen molar-refractivity contribution < 1.29 is 0 Å². The molecule has 2 aromatic carbocycles. The molecule has 128 valence electrons. The molecular weight excluding hydrogens is 318 g/mol. The Morgan fingerprint density at radius 2 is 1.73 bits per heavy atom. The molecule has 0 amide bonds. The van der Waals surface area contributed by atoms with E-state index in [1.54, 1.807) is 0 Å². The van der Waals surface area contributed by atoms with Crippen molar-refractivity contribution in [3.63, 3.8) is 0 Å². The summed E-state index contributed by atoms with van der Waals surface area (Å²) in [6.45, 7) is 6.74. The first-order valence-corrected chi connectivity index (χ1v) is 9.29.